The molecule has 204 valence electrons. The summed E-state index contributed by atoms with van der Waals surface area (Å²) in [5.41, 5.74) is 0.882. The van der Waals surface area contributed by atoms with E-state index in [9.17, 15) is 18.0 Å². The lowest BCUT2D eigenvalue weighted by atomic mass is 10.1. The molecule has 2 amide bonds. The molecule has 1 atom stereocenters. The second-order valence-corrected chi connectivity index (χ2v) is 11.6. The third-order valence-electron chi connectivity index (χ3n) is 5.68. The van der Waals surface area contributed by atoms with Gasteiger partial charge in [-0.2, -0.15) is 0 Å². The van der Waals surface area contributed by atoms with Gasteiger partial charge in [-0.25, -0.2) is 8.42 Å². The van der Waals surface area contributed by atoms with Crippen molar-refractivity contribution in [1.29, 1.82) is 0 Å². The zero-order valence-corrected chi connectivity index (χ0v) is 24.3. The van der Waals surface area contributed by atoms with Crippen LogP contribution in [-0.2, 0) is 26.2 Å². The number of benzene rings is 2. The van der Waals surface area contributed by atoms with Crippen molar-refractivity contribution in [2.24, 2.45) is 0 Å². The minimum atomic E-state index is -3.66. The minimum Gasteiger partial charge on any atom is -0.495 e. The maximum absolute atomic E-state index is 13.3. The number of rotatable bonds is 13. The van der Waals surface area contributed by atoms with Gasteiger partial charge in [0.05, 0.1) is 24.1 Å². The molecular weight excluding hydrogens is 561 g/mol. The van der Waals surface area contributed by atoms with Crippen molar-refractivity contribution in [1.82, 2.24) is 10.2 Å². The number of methoxy groups -OCH3 is 1. The van der Waals surface area contributed by atoms with Gasteiger partial charge in [0.1, 0.15) is 11.8 Å². The molecule has 0 aliphatic carbocycles. The van der Waals surface area contributed by atoms with Gasteiger partial charge in [0.2, 0.25) is 21.8 Å². The van der Waals surface area contributed by atoms with Crippen LogP contribution in [0.5, 0.6) is 5.75 Å². The lowest BCUT2D eigenvalue weighted by molar-refractivity contribution is -0.140. The molecule has 0 aliphatic heterocycles. The van der Waals surface area contributed by atoms with E-state index in [1.165, 1.54) is 22.4 Å². The molecule has 2 aromatic rings. The van der Waals surface area contributed by atoms with Crippen LogP contribution < -0.4 is 14.4 Å². The monoisotopic (exact) mass is 591 g/mol. The van der Waals surface area contributed by atoms with Crippen molar-refractivity contribution in [3.05, 3.63) is 57.0 Å². The number of ether oxygens (including phenoxy) is 1. The fourth-order valence-electron chi connectivity index (χ4n) is 3.65. The van der Waals surface area contributed by atoms with Gasteiger partial charge in [0.15, 0.2) is 0 Å². The van der Waals surface area contributed by atoms with Crippen LogP contribution in [0.25, 0.3) is 0 Å². The second kappa shape index (κ2) is 14.1. The smallest absolute Gasteiger partial charge is 0.242 e. The van der Waals surface area contributed by atoms with Crippen LogP contribution in [0.1, 0.15) is 38.7 Å². The van der Waals surface area contributed by atoms with Crippen molar-refractivity contribution in [3.8, 4) is 5.75 Å². The van der Waals surface area contributed by atoms with Crippen LogP contribution in [0.3, 0.4) is 0 Å². The van der Waals surface area contributed by atoms with E-state index in [1.807, 2.05) is 6.92 Å². The van der Waals surface area contributed by atoms with Crippen molar-refractivity contribution < 1.29 is 22.7 Å². The summed E-state index contributed by atoms with van der Waals surface area (Å²) in [6, 6.07) is 8.89. The van der Waals surface area contributed by atoms with E-state index in [0.717, 1.165) is 12.7 Å². The molecule has 0 saturated carbocycles. The van der Waals surface area contributed by atoms with Gasteiger partial charge in [-0.1, -0.05) is 47.8 Å². The Morgan fingerprint density at radius 2 is 1.73 bits per heavy atom. The Hall–Kier alpha value is -2.20. The van der Waals surface area contributed by atoms with E-state index in [1.54, 1.807) is 37.3 Å². The Morgan fingerprint density at radius 3 is 2.27 bits per heavy atom. The summed E-state index contributed by atoms with van der Waals surface area (Å²) in [4.78, 5) is 27.5. The number of carbonyl (C=O) groups is 2. The molecule has 0 heterocycles. The fraction of sp³-hybridized carbons (Fsp3) is 0.440. The molecule has 2 aromatic carbocycles. The normalized spacial score (nSPS) is 12.1. The fourth-order valence-corrected chi connectivity index (χ4v) is 5.37. The number of sulfonamides is 1. The van der Waals surface area contributed by atoms with Crippen molar-refractivity contribution >= 4 is 62.3 Å². The van der Waals surface area contributed by atoms with Gasteiger partial charge in [0, 0.05) is 41.7 Å². The van der Waals surface area contributed by atoms with Crippen molar-refractivity contribution in [2.75, 3.05) is 30.8 Å². The maximum atomic E-state index is 13.3. The number of anilines is 1. The van der Waals surface area contributed by atoms with E-state index in [2.05, 4.69) is 5.32 Å². The first-order chi connectivity index (χ1) is 17.4. The SMILES string of the molecule is CCCNC(=O)C(C)N(Cc1c(Cl)cccc1Cl)C(=O)CCCN(c1ccc(OC)c(Cl)c1)S(C)(=O)=O. The molecule has 0 fully saturated rings. The summed E-state index contributed by atoms with van der Waals surface area (Å²) in [5, 5.41) is 3.83. The third-order valence-corrected chi connectivity index (χ3v) is 7.88. The number of nitrogens with zero attached hydrogens (tertiary/aromatic N) is 2. The highest BCUT2D eigenvalue weighted by molar-refractivity contribution is 7.92. The Balaban J connectivity index is 2.23. The molecule has 12 heteroatoms. The number of nitrogens with one attached hydrogen (secondary N) is 1. The lowest BCUT2D eigenvalue weighted by Crippen LogP contribution is -2.48. The molecule has 8 nitrogen and oxygen atoms in total. The first kappa shape index (κ1) is 31.0. The average Bonchev–Trinajstić information content (AvgIpc) is 2.83. The highest BCUT2D eigenvalue weighted by Crippen LogP contribution is 2.31. The van der Waals surface area contributed by atoms with E-state index in [4.69, 9.17) is 39.5 Å². The van der Waals surface area contributed by atoms with Crippen molar-refractivity contribution in [3.63, 3.8) is 0 Å². The summed E-state index contributed by atoms with van der Waals surface area (Å²) in [6.45, 7) is 4.11. The third kappa shape index (κ3) is 8.67. The molecule has 0 radical (unpaired) electrons. The summed E-state index contributed by atoms with van der Waals surface area (Å²) in [5.74, 6) is -0.223. The molecule has 2 rings (SSSR count). The largest absolute Gasteiger partial charge is 0.495 e. The average molecular weight is 593 g/mol. The van der Waals surface area contributed by atoms with Crippen LogP contribution in [0.4, 0.5) is 5.69 Å². The molecule has 0 spiro atoms. The summed E-state index contributed by atoms with van der Waals surface area (Å²) in [7, 11) is -2.20. The molecule has 0 saturated heterocycles. The van der Waals surface area contributed by atoms with Crippen LogP contribution in [-0.4, -0.2) is 57.6 Å². The van der Waals surface area contributed by atoms with Crippen molar-refractivity contribution in [2.45, 2.75) is 45.7 Å². The standard InChI is InChI=1S/C25H32Cl3N3O5S/c1-5-13-29-25(33)17(2)30(16-19-20(26)8-6-9-21(19)27)24(32)10-7-14-31(37(4,34)35)18-11-12-23(36-3)22(28)15-18/h6,8-9,11-12,15,17H,5,7,10,13-14,16H2,1-4H3,(H,29,33). The van der Waals surface area contributed by atoms with Crippen LogP contribution in [0, 0.1) is 0 Å². The van der Waals surface area contributed by atoms with E-state index in [-0.39, 0.29) is 42.8 Å². The van der Waals surface area contributed by atoms with Gasteiger partial charge in [-0.15, -0.1) is 0 Å². The predicted octanol–water partition coefficient (Wildman–Crippen LogP) is 5.15. The topological polar surface area (TPSA) is 96.0 Å². The second-order valence-electron chi connectivity index (χ2n) is 8.45. The van der Waals surface area contributed by atoms with E-state index < -0.39 is 16.1 Å². The number of carbonyl (C=O) groups excluding carboxylic acids is 2. The zero-order chi connectivity index (χ0) is 27.8. The molecule has 0 bridgehead atoms. The van der Waals surface area contributed by atoms with Gasteiger partial charge in [-0.3, -0.25) is 13.9 Å². The number of amides is 2. The number of hydrogen-bond donors (Lipinski definition) is 1. The first-order valence-corrected chi connectivity index (χ1v) is 14.7. The minimum absolute atomic E-state index is 0.0105. The van der Waals surface area contributed by atoms with E-state index in [0.29, 0.717) is 33.6 Å². The molecular formula is C25H32Cl3N3O5S. The molecule has 0 aromatic heterocycles. The lowest BCUT2D eigenvalue weighted by Gasteiger charge is -2.30. The molecule has 1 unspecified atom stereocenters. The summed E-state index contributed by atoms with van der Waals surface area (Å²) >= 11 is 18.8. The predicted molar refractivity (Wildman–Crippen MR) is 149 cm³/mol. The van der Waals surface area contributed by atoms with Gasteiger partial charge in [0.25, 0.3) is 0 Å². The highest BCUT2D eigenvalue weighted by Gasteiger charge is 2.28. The Labute approximate surface area is 233 Å². The Bertz CT molecular complexity index is 1190. The van der Waals surface area contributed by atoms with Crippen LogP contribution in [0.15, 0.2) is 36.4 Å². The maximum Gasteiger partial charge on any atom is 0.242 e. The number of halogens is 3. The summed E-state index contributed by atoms with van der Waals surface area (Å²) in [6.07, 6.45) is 2.02. The zero-order valence-electron chi connectivity index (χ0n) is 21.3. The summed E-state index contributed by atoms with van der Waals surface area (Å²) < 4.78 is 31.3. The van der Waals surface area contributed by atoms with Gasteiger partial charge in [-0.05, 0) is 50.1 Å². The highest BCUT2D eigenvalue weighted by atomic mass is 35.5. The molecule has 1 N–H and O–H groups in total. The Kier molecular flexibility index (Phi) is 11.8. The quantitative estimate of drug-likeness (QED) is 0.347. The van der Waals surface area contributed by atoms with Crippen LogP contribution in [0.2, 0.25) is 15.1 Å². The number of hydrogen-bond acceptors (Lipinski definition) is 5. The molecule has 37 heavy (non-hydrogen) atoms. The van der Waals surface area contributed by atoms with Gasteiger partial charge < -0.3 is 15.0 Å². The van der Waals surface area contributed by atoms with Gasteiger partial charge >= 0.3 is 0 Å². The first-order valence-electron chi connectivity index (χ1n) is 11.7. The molecule has 0 aliphatic rings. The van der Waals surface area contributed by atoms with Crippen LogP contribution >= 0.6 is 34.8 Å². The Morgan fingerprint density at radius 1 is 1.08 bits per heavy atom. The van der Waals surface area contributed by atoms with E-state index >= 15 is 0 Å².